The number of hydrogen-bond acceptors (Lipinski definition) is 2. The van der Waals surface area contributed by atoms with Gasteiger partial charge in [0.15, 0.2) is 0 Å². The molecule has 1 unspecified atom stereocenters. The second-order valence-corrected chi connectivity index (χ2v) is 5.84. The summed E-state index contributed by atoms with van der Waals surface area (Å²) in [6.45, 7) is 3.96. The standard InChI is InChI=1S/C17H26N2O/c1-2-12-19(13-14-8-9-14)17(20)11-10-16(18)15-6-4-3-5-7-15/h3-7,14,16H,2,8-13,18H2,1H3. The van der Waals surface area contributed by atoms with Crippen LogP contribution >= 0.6 is 0 Å². The minimum absolute atomic E-state index is 0.0375. The fourth-order valence-corrected chi connectivity index (χ4v) is 2.50. The van der Waals surface area contributed by atoms with Crippen molar-refractivity contribution in [1.29, 1.82) is 0 Å². The maximum absolute atomic E-state index is 12.3. The first-order valence-corrected chi connectivity index (χ1v) is 7.79. The van der Waals surface area contributed by atoms with Crippen LogP contribution in [0, 0.1) is 5.92 Å². The Labute approximate surface area is 122 Å². The molecular formula is C17H26N2O. The van der Waals surface area contributed by atoms with Crippen LogP contribution in [0.25, 0.3) is 0 Å². The average molecular weight is 274 g/mol. The van der Waals surface area contributed by atoms with E-state index in [1.165, 1.54) is 12.8 Å². The second kappa shape index (κ2) is 7.44. The van der Waals surface area contributed by atoms with Crippen molar-refractivity contribution in [2.24, 2.45) is 11.7 Å². The molecule has 0 heterocycles. The van der Waals surface area contributed by atoms with Crippen LogP contribution in [0.4, 0.5) is 0 Å². The molecule has 0 saturated heterocycles. The fraction of sp³-hybridized carbons (Fsp3) is 0.588. The number of benzene rings is 1. The van der Waals surface area contributed by atoms with Crippen molar-refractivity contribution in [3.63, 3.8) is 0 Å². The lowest BCUT2D eigenvalue weighted by Crippen LogP contribution is -2.34. The first-order chi connectivity index (χ1) is 9.70. The number of nitrogens with zero attached hydrogens (tertiary/aromatic N) is 1. The molecule has 1 atom stereocenters. The Morgan fingerprint density at radius 3 is 2.65 bits per heavy atom. The molecule has 2 rings (SSSR count). The summed E-state index contributed by atoms with van der Waals surface area (Å²) in [5.41, 5.74) is 7.28. The third-order valence-corrected chi connectivity index (χ3v) is 3.92. The summed E-state index contributed by atoms with van der Waals surface area (Å²) in [5, 5.41) is 0. The molecule has 1 amide bonds. The van der Waals surface area contributed by atoms with Gasteiger partial charge in [0.05, 0.1) is 0 Å². The van der Waals surface area contributed by atoms with Crippen molar-refractivity contribution in [2.75, 3.05) is 13.1 Å². The first-order valence-electron chi connectivity index (χ1n) is 7.79. The maximum atomic E-state index is 12.3. The van der Waals surface area contributed by atoms with E-state index in [9.17, 15) is 4.79 Å². The van der Waals surface area contributed by atoms with Crippen LogP contribution in [0.2, 0.25) is 0 Å². The molecule has 1 saturated carbocycles. The largest absolute Gasteiger partial charge is 0.342 e. The van der Waals surface area contributed by atoms with Crippen molar-refractivity contribution in [3.05, 3.63) is 35.9 Å². The second-order valence-electron chi connectivity index (χ2n) is 5.84. The molecule has 0 aromatic heterocycles. The Morgan fingerprint density at radius 1 is 1.35 bits per heavy atom. The molecular weight excluding hydrogens is 248 g/mol. The summed E-state index contributed by atoms with van der Waals surface area (Å²) in [6.07, 6.45) is 4.90. The van der Waals surface area contributed by atoms with Crippen LogP contribution in [0.5, 0.6) is 0 Å². The molecule has 1 aliphatic rings. The summed E-state index contributed by atoms with van der Waals surface area (Å²) >= 11 is 0. The molecule has 0 radical (unpaired) electrons. The van der Waals surface area contributed by atoms with Gasteiger partial charge in [0.2, 0.25) is 5.91 Å². The van der Waals surface area contributed by atoms with Crippen molar-refractivity contribution in [2.45, 2.75) is 45.1 Å². The number of carbonyl (C=O) groups excluding carboxylic acids is 1. The average Bonchev–Trinajstić information content (AvgIpc) is 3.29. The van der Waals surface area contributed by atoms with Crippen LogP contribution < -0.4 is 5.73 Å². The molecule has 20 heavy (non-hydrogen) atoms. The molecule has 1 aliphatic carbocycles. The summed E-state index contributed by atoms with van der Waals surface area (Å²) in [5.74, 6) is 1.03. The van der Waals surface area contributed by atoms with E-state index in [4.69, 9.17) is 5.73 Å². The Morgan fingerprint density at radius 2 is 2.05 bits per heavy atom. The van der Waals surface area contributed by atoms with Crippen LogP contribution in [-0.2, 0) is 4.79 Å². The molecule has 0 bridgehead atoms. The van der Waals surface area contributed by atoms with Crippen molar-refractivity contribution in [3.8, 4) is 0 Å². The minimum Gasteiger partial charge on any atom is -0.342 e. The topological polar surface area (TPSA) is 46.3 Å². The zero-order chi connectivity index (χ0) is 14.4. The Hall–Kier alpha value is -1.35. The summed E-state index contributed by atoms with van der Waals surface area (Å²) in [4.78, 5) is 14.3. The number of hydrogen-bond donors (Lipinski definition) is 1. The van der Waals surface area contributed by atoms with Crippen LogP contribution in [0.15, 0.2) is 30.3 Å². The Kier molecular flexibility index (Phi) is 5.60. The van der Waals surface area contributed by atoms with Crippen molar-refractivity contribution in [1.82, 2.24) is 4.90 Å². The molecule has 2 N–H and O–H groups in total. The van der Waals surface area contributed by atoms with Gasteiger partial charge < -0.3 is 10.6 Å². The maximum Gasteiger partial charge on any atom is 0.222 e. The van der Waals surface area contributed by atoms with Gasteiger partial charge in [-0.15, -0.1) is 0 Å². The Balaban J connectivity index is 1.80. The van der Waals surface area contributed by atoms with E-state index in [-0.39, 0.29) is 11.9 Å². The van der Waals surface area contributed by atoms with Gasteiger partial charge in [0.1, 0.15) is 0 Å². The lowest BCUT2D eigenvalue weighted by atomic mass is 10.0. The SMILES string of the molecule is CCCN(CC1CC1)C(=O)CCC(N)c1ccccc1. The highest BCUT2D eigenvalue weighted by molar-refractivity contribution is 5.76. The summed E-state index contributed by atoms with van der Waals surface area (Å²) < 4.78 is 0. The molecule has 1 aromatic rings. The van der Waals surface area contributed by atoms with E-state index < -0.39 is 0 Å². The van der Waals surface area contributed by atoms with Gasteiger partial charge in [-0.05, 0) is 37.2 Å². The van der Waals surface area contributed by atoms with Gasteiger partial charge >= 0.3 is 0 Å². The highest BCUT2D eigenvalue weighted by Gasteiger charge is 2.26. The lowest BCUT2D eigenvalue weighted by molar-refractivity contribution is -0.131. The fourth-order valence-electron chi connectivity index (χ4n) is 2.50. The predicted octanol–water partition coefficient (Wildman–Crippen LogP) is 3.12. The smallest absolute Gasteiger partial charge is 0.222 e. The number of amides is 1. The predicted molar refractivity (Wildman–Crippen MR) is 82.2 cm³/mol. The van der Waals surface area contributed by atoms with E-state index in [2.05, 4.69) is 6.92 Å². The third kappa shape index (κ3) is 4.64. The van der Waals surface area contributed by atoms with E-state index in [0.717, 1.165) is 37.4 Å². The first kappa shape index (κ1) is 15.0. The number of rotatable bonds is 8. The third-order valence-electron chi connectivity index (χ3n) is 3.92. The van der Waals surface area contributed by atoms with Gasteiger partial charge in [-0.25, -0.2) is 0 Å². The van der Waals surface area contributed by atoms with E-state index in [1.807, 2.05) is 35.2 Å². The molecule has 1 aromatic carbocycles. The lowest BCUT2D eigenvalue weighted by Gasteiger charge is -2.23. The monoisotopic (exact) mass is 274 g/mol. The van der Waals surface area contributed by atoms with E-state index in [0.29, 0.717) is 6.42 Å². The summed E-state index contributed by atoms with van der Waals surface area (Å²) in [6, 6.07) is 10.00. The Bertz CT molecular complexity index is 414. The van der Waals surface area contributed by atoms with Gasteiger partial charge in [-0.3, -0.25) is 4.79 Å². The van der Waals surface area contributed by atoms with Crippen LogP contribution in [0.1, 0.15) is 50.6 Å². The number of nitrogens with two attached hydrogens (primary N) is 1. The van der Waals surface area contributed by atoms with Gasteiger partial charge in [0.25, 0.3) is 0 Å². The quantitative estimate of drug-likeness (QED) is 0.791. The normalized spacial score (nSPS) is 15.9. The molecule has 0 aliphatic heterocycles. The van der Waals surface area contributed by atoms with Crippen LogP contribution in [-0.4, -0.2) is 23.9 Å². The molecule has 3 heteroatoms. The van der Waals surface area contributed by atoms with E-state index >= 15 is 0 Å². The molecule has 1 fully saturated rings. The van der Waals surface area contributed by atoms with Crippen molar-refractivity contribution >= 4 is 5.91 Å². The molecule has 110 valence electrons. The highest BCUT2D eigenvalue weighted by atomic mass is 16.2. The zero-order valence-corrected chi connectivity index (χ0v) is 12.4. The minimum atomic E-state index is -0.0375. The summed E-state index contributed by atoms with van der Waals surface area (Å²) in [7, 11) is 0. The molecule has 0 spiro atoms. The highest BCUT2D eigenvalue weighted by Crippen LogP contribution is 2.30. The number of carbonyl (C=O) groups is 1. The van der Waals surface area contributed by atoms with E-state index in [1.54, 1.807) is 0 Å². The zero-order valence-electron chi connectivity index (χ0n) is 12.4. The van der Waals surface area contributed by atoms with Gasteiger partial charge in [0, 0.05) is 25.6 Å². The van der Waals surface area contributed by atoms with Gasteiger partial charge in [-0.2, -0.15) is 0 Å². The molecule has 3 nitrogen and oxygen atoms in total. The van der Waals surface area contributed by atoms with Crippen LogP contribution in [0.3, 0.4) is 0 Å². The van der Waals surface area contributed by atoms with Crippen molar-refractivity contribution < 1.29 is 4.79 Å². The van der Waals surface area contributed by atoms with Gasteiger partial charge in [-0.1, -0.05) is 37.3 Å².